The summed E-state index contributed by atoms with van der Waals surface area (Å²) in [5, 5.41) is 1.33. The maximum Gasteiger partial charge on any atom is 0.257 e. The maximum atomic E-state index is 13.9. The quantitative estimate of drug-likeness (QED) is 0.596. The van der Waals surface area contributed by atoms with E-state index >= 15 is 0 Å². The van der Waals surface area contributed by atoms with Gasteiger partial charge in [-0.2, -0.15) is 0 Å². The van der Waals surface area contributed by atoms with Gasteiger partial charge in [0.25, 0.3) is 11.5 Å². The molecule has 4 heterocycles. The van der Waals surface area contributed by atoms with Crippen LogP contribution in [0.4, 0.5) is 0 Å². The van der Waals surface area contributed by atoms with Crippen LogP contribution in [-0.2, 0) is 22.6 Å². The largest absolute Gasteiger partial charge is 0.496 e. The van der Waals surface area contributed by atoms with Gasteiger partial charge in [0.05, 0.1) is 54.6 Å². The number of carbonyl (C=O) groups is 1. The Morgan fingerprint density at radius 3 is 2.70 bits per heavy atom. The summed E-state index contributed by atoms with van der Waals surface area (Å²) in [6.45, 7) is 4.13. The molecule has 3 aromatic rings. The summed E-state index contributed by atoms with van der Waals surface area (Å²) in [4.78, 5) is 31.0. The number of aryl methyl sites for hydroxylation is 1. The molecule has 1 fully saturated rings. The Hall–Kier alpha value is -2.81. The fourth-order valence-electron chi connectivity index (χ4n) is 4.81. The van der Waals surface area contributed by atoms with Crippen molar-refractivity contribution in [3.8, 4) is 5.75 Å². The van der Waals surface area contributed by atoms with Crippen molar-refractivity contribution in [2.24, 2.45) is 5.92 Å². The first-order chi connectivity index (χ1) is 15.9. The minimum absolute atomic E-state index is 0.120. The minimum atomic E-state index is -0.266. The monoisotopic (exact) mass is 471 g/mol. The Balaban J connectivity index is 1.60. The number of pyridine rings is 1. The zero-order chi connectivity index (χ0) is 23.3. The highest BCUT2D eigenvalue weighted by Gasteiger charge is 2.35. The molecule has 2 aliphatic rings. The molecular formula is C24H26ClN3O5. The van der Waals surface area contributed by atoms with Gasteiger partial charge in [-0.3, -0.25) is 9.59 Å². The first kappa shape index (κ1) is 22.0. The smallest absolute Gasteiger partial charge is 0.257 e. The van der Waals surface area contributed by atoms with Gasteiger partial charge in [-0.1, -0.05) is 11.6 Å². The van der Waals surface area contributed by atoms with Gasteiger partial charge in [-0.25, -0.2) is 0 Å². The highest BCUT2D eigenvalue weighted by Crippen LogP contribution is 2.41. The molecule has 1 aromatic carbocycles. The van der Waals surface area contributed by atoms with E-state index in [0.29, 0.717) is 53.9 Å². The molecule has 8 nitrogen and oxygen atoms in total. The normalized spacial score (nSPS) is 17.2. The van der Waals surface area contributed by atoms with E-state index in [9.17, 15) is 9.59 Å². The molecule has 0 radical (unpaired) electrons. The summed E-state index contributed by atoms with van der Waals surface area (Å²) in [6, 6.07) is 5.78. The van der Waals surface area contributed by atoms with Gasteiger partial charge in [0.1, 0.15) is 5.75 Å². The van der Waals surface area contributed by atoms with Crippen LogP contribution in [0.2, 0.25) is 5.02 Å². The molecule has 1 N–H and O–H groups in total. The number of hydrogen-bond acceptors (Lipinski definition) is 5. The van der Waals surface area contributed by atoms with Crippen molar-refractivity contribution in [2.45, 2.75) is 26.1 Å². The van der Waals surface area contributed by atoms with Crippen LogP contribution >= 0.6 is 11.6 Å². The summed E-state index contributed by atoms with van der Waals surface area (Å²) >= 11 is 6.92. The maximum absolute atomic E-state index is 13.9. The second-order valence-corrected chi connectivity index (χ2v) is 8.99. The summed E-state index contributed by atoms with van der Waals surface area (Å²) in [5.41, 5.74) is 2.87. The number of amides is 1. The molecule has 1 atom stereocenters. The van der Waals surface area contributed by atoms with E-state index in [1.54, 1.807) is 25.0 Å². The molecule has 5 rings (SSSR count). The van der Waals surface area contributed by atoms with Crippen molar-refractivity contribution in [3.05, 3.63) is 62.2 Å². The number of nitrogens with zero attached hydrogens (tertiary/aromatic N) is 2. The highest BCUT2D eigenvalue weighted by atomic mass is 35.5. The number of carbonyl (C=O) groups excluding carboxylic acids is 1. The third-order valence-corrected chi connectivity index (χ3v) is 6.99. The van der Waals surface area contributed by atoms with E-state index < -0.39 is 0 Å². The zero-order valence-corrected chi connectivity index (χ0v) is 19.6. The molecule has 0 saturated carbocycles. The number of aromatic nitrogens is 2. The molecule has 1 saturated heterocycles. The van der Waals surface area contributed by atoms with Crippen molar-refractivity contribution >= 4 is 28.4 Å². The third-order valence-electron chi connectivity index (χ3n) is 6.58. The third kappa shape index (κ3) is 3.62. The Kier molecular flexibility index (Phi) is 5.68. The lowest BCUT2D eigenvalue weighted by Crippen LogP contribution is -2.35. The summed E-state index contributed by atoms with van der Waals surface area (Å²) < 4.78 is 18.6. The molecule has 0 unspecified atom stereocenters. The van der Waals surface area contributed by atoms with Crippen LogP contribution in [0, 0.1) is 12.8 Å². The lowest BCUT2D eigenvalue weighted by atomic mass is 9.91. The Labute approximate surface area is 196 Å². The molecule has 33 heavy (non-hydrogen) atoms. The highest BCUT2D eigenvalue weighted by molar-refractivity contribution is 6.36. The number of halogens is 1. The van der Waals surface area contributed by atoms with Gasteiger partial charge >= 0.3 is 0 Å². The van der Waals surface area contributed by atoms with Crippen LogP contribution in [-0.4, -0.2) is 54.3 Å². The molecule has 2 aromatic heterocycles. The topological polar surface area (TPSA) is 85.8 Å². The van der Waals surface area contributed by atoms with Crippen LogP contribution in [0.1, 0.15) is 33.3 Å². The fourth-order valence-corrected chi connectivity index (χ4v) is 5.14. The molecule has 0 bridgehead atoms. The van der Waals surface area contributed by atoms with Crippen LogP contribution < -0.4 is 10.3 Å². The van der Waals surface area contributed by atoms with Crippen molar-refractivity contribution in [3.63, 3.8) is 0 Å². The van der Waals surface area contributed by atoms with Crippen LogP contribution in [0.25, 0.3) is 10.9 Å². The van der Waals surface area contributed by atoms with E-state index in [4.69, 9.17) is 25.8 Å². The Bertz CT molecular complexity index is 1290. The predicted molar refractivity (Wildman–Crippen MR) is 124 cm³/mol. The Morgan fingerprint density at radius 2 is 2.03 bits per heavy atom. The minimum Gasteiger partial charge on any atom is -0.496 e. The van der Waals surface area contributed by atoms with E-state index in [1.165, 1.54) is 7.11 Å². The predicted octanol–water partition coefficient (Wildman–Crippen LogP) is 3.29. The number of hydrogen-bond donors (Lipinski definition) is 1. The van der Waals surface area contributed by atoms with Gasteiger partial charge in [-0.05, 0) is 25.1 Å². The van der Waals surface area contributed by atoms with Crippen molar-refractivity contribution < 1.29 is 19.0 Å². The second-order valence-electron chi connectivity index (χ2n) is 8.61. The van der Waals surface area contributed by atoms with Gasteiger partial charge < -0.3 is 28.7 Å². The van der Waals surface area contributed by atoms with Gasteiger partial charge in [0, 0.05) is 49.0 Å². The molecule has 0 aliphatic carbocycles. The second kappa shape index (κ2) is 8.52. The molecule has 9 heteroatoms. The van der Waals surface area contributed by atoms with E-state index in [2.05, 4.69) is 4.98 Å². The average Bonchev–Trinajstić information content (AvgIpc) is 3.09. The van der Waals surface area contributed by atoms with Crippen molar-refractivity contribution in [1.82, 2.24) is 14.5 Å². The molecule has 174 valence electrons. The fraction of sp³-hybridized carbons (Fsp3) is 0.417. The van der Waals surface area contributed by atoms with Gasteiger partial charge in [-0.15, -0.1) is 0 Å². The number of rotatable bonds is 6. The zero-order valence-electron chi connectivity index (χ0n) is 18.8. The van der Waals surface area contributed by atoms with E-state index in [0.717, 1.165) is 16.5 Å². The lowest BCUT2D eigenvalue weighted by Gasteiger charge is -2.34. The van der Waals surface area contributed by atoms with E-state index in [1.807, 2.05) is 22.9 Å². The van der Waals surface area contributed by atoms with Crippen molar-refractivity contribution in [2.75, 3.05) is 34.0 Å². The van der Waals surface area contributed by atoms with Gasteiger partial charge in [0.15, 0.2) is 0 Å². The summed E-state index contributed by atoms with van der Waals surface area (Å²) in [6.07, 6.45) is 1.71. The molecular weight excluding hydrogens is 446 g/mol. The average molecular weight is 472 g/mol. The summed E-state index contributed by atoms with van der Waals surface area (Å²) in [5.74, 6) is 0.431. The number of nitrogens with one attached hydrogen (secondary N) is 1. The number of benzene rings is 1. The SMILES string of the molecule is COc1cc(C)[nH]c(=O)c1CN1CCn2ccc3cc([C@@H](OC)C4COC4)c(Cl)c(c32)C1=O. The number of ether oxygens (including phenoxy) is 3. The number of methoxy groups -OCH3 is 2. The van der Waals surface area contributed by atoms with Crippen LogP contribution in [0.15, 0.2) is 29.2 Å². The van der Waals surface area contributed by atoms with Crippen LogP contribution in [0.3, 0.4) is 0 Å². The standard InChI is InChI=1S/C24H26ClN3O5/c1-13-8-18(31-2)17(23(29)26-13)10-28-7-6-27-5-4-14-9-16(22(32-3)15-11-33-12-15)20(25)19(21(14)27)24(28)30/h4-5,8-9,15,22H,6-7,10-12H2,1-3H3,(H,26,29)/t22-/m0/s1. The Morgan fingerprint density at radius 1 is 1.24 bits per heavy atom. The van der Waals surface area contributed by atoms with Crippen LogP contribution in [0.5, 0.6) is 5.75 Å². The first-order valence-electron chi connectivity index (χ1n) is 10.9. The van der Waals surface area contributed by atoms with E-state index in [-0.39, 0.29) is 30.0 Å². The molecule has 1 amide bonds. The lowest BCUT2D eigenvalue weighted by molar-refractivity contribution is -0.105. The van der Waals surface area contributed by atoms with Crippen molar-refractivity contribution in [1.29, 1.82) is 0 Å². The summed E-state index contributed by atoms with van der Waals surface area (Å²) in [7, 11) is 3.17. The number of aromatic amines is 1. The molecule has 0 spiro atoms. The van der Waals surface area contributed by atoms with Gasteiger partial charge in [0.2, 0.25) is 0 Å². The molecule has 2 aliphatic heterocycles. The number of H-pyrrole nitrogens is 1. The first-order valence-corrected chi connectivity index (χ1v) is 11.3.